The number of aromatic amines is 1. The summed E-state index contributed by atoms with van der Waals surface area (Å²) in [6.07, 6.45) is 5.66. The van der Waals surface area contributed by atoms with E-state index < -0.39 is 16.0 Å². The molecule has 0 bridgehead atoms. The van der Waals surface area contributed by atoms with Crippen LogP contribution < -0.4 is 10.5 Å². The summed E-state index contributed by atoms with van der Waals surface area (Å²) in [5, 5.41) is 17.7. The lowest BCUT2D eigenvalue weighted by molar-refractivity contribution is 0.0696. The van der Waals surface area contributed by atoms with Crippen molar-refractivity contribution in [3.05, 3.63) is 47.3 Å². The number of nitrogens with one attached hydrogen (secondary N) is 2. The minimum atomic E-state index is -4.06. The molecule has 2 rings (SSSR count). The first-order chi connectivity index (χ1) is 11.3. The summed E-state index contributed by atoms with van der Waals surface area (Å²) in [5.41, 5.74) is 1.71. The van der Waals surface area contributed by atoms with E-state index in [1.165, 1.54) is 6.07 Å². The summed E-state index contributed by atoms with van der Waals surface area (Å²) in [4.78, 5) is 14.1. The number of carboxylic acid groups (broad SMARTS) is 1. The Morgan fingerprint density at radius 3 is 2.67 bits per heavy atom. The minimum absolute atomic E-state index is 0.115. The van der Waals surface area contributed by atoms with Crippen LogP contribution in [0, 0.1) is 0 Å². The van der Waals surface area contributed by atoms with Crippen LogP contribution in [-0.2, 0) is 16.4 Å². The lowest BCUT2D eigenvalue weighted by Gasteiger charge is -2.16. The molecule has 0 aliphatic heterocycles. The van der Waals surface area contributed by atoms with Crippen LogP contribution in [0.25, 0.3) is 0 Å². The van der Waals surface area contributed by atoms with Crippen LogP contribution in [0.1, 0.15) is 41.3 Å². The Morgan fingerprint density at radius 2 is 2.12 bits per heavy atom. The number of nitrogens with two attached hydrogens (primary N) is 1. The first-order valence-electron chi connectivity index (χ1n) is 7.61. The molecular formula is C16H21N3O4S. The first kappa shape index (κ1) is 18.0. The van der Waals surface area contributed by atoms with Gasteiger partial charge in [0.05, 0.1) is 10.5 Å². The van der Waals surface area contributed by atoms with Crippen molar-refractivity contribution in [3.8, 4) is 0 Å². The van der Waals surface area contributed by atoms with E-state index in [1.54, 1.807) is 12.4 Å². The lowest BCUT2D eigenvalue weighted by atomic mass is 10.0. The van der Waals surface area contributed by atoms with Gasteiger partial charge >= 0.3 is 5.97 Å². The number of primary sulfonamides is 1. The average Bonchev–Trinajstić information content (AvgIpc) is 3.00. The van der Waals surface area contributed by atoms with Crippen molar-refractivity contribution in [1.82, 2.24) is 4.98 Å². The van der Waals surface area contributed by atoms with Crippen LogP contribution in [0.2, 0.25) is 0 Å². The normalized spacial score (nSPS) is 11.4. The van der Waals surface area contributed by atoms with Crippen molar-refractivity contribution in [2.24, 2.45) is 5.14 Å². The predicted molar refractivity (Wildman–Crippen MR) is 91.8 cm³/mol. The maximum atomic E-state index is 12.0. The SMILES string of the molecule is CCCCNc1cc(C(=O)O)cc(S(N)(=O)=O)c1Cc1cc[nH]c1. The summed E-state index contributed by atoms with van der Waals surface area (Å²) in [7, 11) is -4.06. The van der Waals surface area contributed by atoms with Gasteiger partial charge < -0.3 is 15.4 Å². The number of aromatic carboxylic acids is 1. The predicted octanol–water partition coefficient (Wildman–Crippen LogP) is 2.16. The zero-order chi connectivity index (χ0) is 17.7. The molecule has 0 spiro atoms. The number of hydrogen-bond acceptors (Lipinski definition) is 4. The van der Waals surface area contributed by atoms with Crippen LogP contribution in [0.5, 0.6) is 0 Å². The van der Waals surface area contributed by atoms with Gasteiger partial charge in [0, 0.05) is 31.0 Å². The van der Waals surface area contributed by atoms with Gasteiger partial charge in [-0.25, -0.2) is 18.4 Å². The van der Waals surface area contributed by atoms with Gasteiger partial charge in [0.1, 0.15) is 0 Å². The van der Waals surface area contributed by atoms with Crippen molar-refractivity contribution in [3.63, 3.8) is 0 Å². The lowest BCUT2D eigenvalue weighted by Crippen LogP contribution is -2.18. The molecule has 0 saturated heterocycles. The molecule has 5 N–H and O–H groups in total. The molecule has 0 radical (unpaired) electrons. The number of carbonyl (C=O) groups is 1. The van der Waals surface area contributed by atoms with Crippen molar-refractivity contribution < 1.29 is 18.3 Å². The molecule has 0 unspecified atom stereocenters. The van der Waals surface area contributed by atoms with Gasteiger partial charge in [-0.05, 0) is 35.7 Å². The maximum Gasteiger partial charge on any atom is 0.335 e. The third-order valence-electron chi connectivity index (χ3n) is 3.65. The Balaban J connectivity index is 2.58. The summed E-state index contributed by atoms with van der Waals surface area (Å²) in [6.45, 7) is 2.65. The van der Waals surface area contributed by atoms with Crippen LogP contribution >= 0.6 is 0 Å². The van der Waals surface area contributed by atoms with E-state index >= 15 is 0 Å². The number of carboxylic acids is 1. The van der Waals surface area contributed by atoms with E-state index in [2.05, 4.69) is 10.3 Å². The van der Waals surface area contributed by atoms with Crippen LogP contribution in [0.4, 0.5) is 5.69 Å². The van der Waals surface area contributed by atoms with Crippen LogP contribution in [0.15, 0.2) is 35.5 Å². The van der Waals surface area contributed by atoms with Gasteiger partial charge in [-0.2, -0.15) is 0 Å². The van der Waals surface area contributed by atoms with Crippen molar-refractivity contribution in [2.45, 2.75) is 31.1 Å². The number of aromatic nitrogens is 1. The fourth-order valence-electron chi connectivity index (χ4n) is 2.44. The van der Waals surface area contributed by atoms with E-state index in [0.717, 1.165) is 24.5 Å². The zero-order valence-corrected chi connectivity index (χ0v) is 14.2. The van der Waals surface area contributed by atoms with Crippen LogP contribution in [-0.4, -0.2) is 31.0 Å². The monoisotopic (exact) mass is 351 g/mol. The summed E-state index contributed by atoms with van der Waals surface area (Å²) in [6, 6.07) is 4.40. The highest BCUT2D eigenvalue weighted by Gasteiger charge is 2.21. The number of rotatable bonds is 8. The summed E-state index contributed by atoms with van der Waals surface area (Å²) >= 11 is 0. The average molecular weight is 351 g/mol. The smallest absolute Gasteiger partial charge is 0.335 e. The third kappa shape index (κ3) is 4.36. The van der Waals surface area contributed by atoms with Crippen molar-refractivity contribution >= 4 is 21.7 Å². The highest BCUT2D eigenvalue weighted by atomic mass is 32.2. The van der Waals surface area contributed by atoms with Gasteiger partial charge in [0.2, 0.25) is 10.0 Å². The number of benzene rings is 1. The molecule has 1 heterocycles. The molecule has 0 atom stereocenters. The number of anilines is 1. The van der Waals surface area contributed by atoms with Gasteiger partial charge in [-0.3, -0.25) is 0 Å². The third-order valence-corrected chi connectivity index (χ3v) is 4.63. The second kappa shape index (κ2) is 7.50. The molecular weight excluding hydrogens is 330 g/mol. The van der Waals surface area contributed by atoms with Gasteiger partial charge in [-0.1, -0.05) is 13.3 Å². The zero-order valence-electron chi connectivity index (χ0n) is 13.4. The molecule has 0 aliphatic rings. The van der Waals surface area contributed by atoms with E-state index in [9.17, 15) is 18.3 Å². The molecule has 8 heteroatoms. The number of hydrogen-bond donors (Lipinski definition) is 4. The number of unbranched alkanes of at least 4 members (excludes halogenated alkanes) is 1. The Kier molecular flexibility index (Phi) is 5.63. The molecule has 2 aromatic rings. The first-order valence-corrected chi connectivity index (χ1v) is 9.16. The van der Waals surface area contributed by atoms with Crippen LogP contribution in [0.3, 0.4) is 0 Å². The van der Waals surface area contributed by atoms with Gasteiger partial charge in [0.15, 0.2) is 0 Å². The van der Waals surface area contributed by atoms with E-state index in [0.29, 0.717) is 24.2 Å². The van der Waals surface area contributed by atoms with Crippen molar-refractivity contribution in [1.29, 1.82) is 0 Å². The second-order valence-electron chi connectivity index (χ2n) is 5.53. The molecule has 0 saturated carbocycles. The molecule has 0 amide bonds. The van der Waals surface area contributed by atoms with Gasteiger partial charge in [-0.15, -0.1) is 0 Å². The van der Waals surface area contributed by atoms with Gasteiger partial charge in [0.25, 0.3) is 0 Å². The Hall–Kier alpha value is -2.32. The quantitative estimate of drug-likeness (QED) is 0.542. The highest BCUT2D eigenvalue weighted by Crippen LogP contribution is 2.28. The molecule has 1 aromatic heterocycles. The maximum absolute atomic E-state index is 12.0. The fourth-order valence-corrected chi connectivity index (χ4v) is 3.25. The summed E-state index contributed by atoms with van der Waals surface area (Å²) < 4.78 is 24.0. The largest absolute Gasteiger partial charge is 0.478 e. The van der Waals surface area contributed by atoms with E-state index in [1.807, 2.05) is 13.0 Å². The minimum Gasteiger partial charge on any atom is -0.478 e. The molecule has 24 heavy (non-hydrogen) atoms. The molecule has 130 valence electrons. The number of H-pyrrole nitrogens is 1. The Labute approximate surface area is 140 Å². The Morgan fingerprint density at radius 1 is 1.38 bits per heavy atom. The topological polar surface area (TPSA) is 125 Å². The number of sulfonamides is 1. The van der Waals surface area contributed by atoms with Crippen molar-refractivity contribution in [2.75, 3.05) is 11.9 Å². The fraction of sp³-hybridized carbons (Fsp3) is 0.312. The highest BCUT2D eigenvalue weighted by molar-refractivity contribution is 7.89. The summed E-state index contributed by atoms with van der Waals surface area (Å²) in [5.74, 6) is -1.20. The molecule has 0 aliphatic carbocycles. The molecule has 0 fully saturated rings. The Bertz CT molecular complexity index is 814. The standard InChI is InChI=1S/C16H21N3O4S/c1-2-3-5-19-14-8-12(16(20)21)9-15(24(17,22)23)13(14)7-11-4-6-18-10-11/h4,6,8-10,18-19H,2-3,5,7H2,1H3,(H,20,21)(H2,17,22,23). The molecule has 7 nitrogen and oxygen atoms in total. The van der Waals surface area contributed by atoms with E-state index in [-0.39, 0.29) is 10.5 Å². The van der Waals surface area contributed by atoms with E-state index in [4.69, 9.17) is 5.14 Å². The molecule has 1 aromatic carbocycles. The second-order valence-corrected chi connectivity index (χ2v) is 7.06.